The summed E-state index contributed by atoms with van der Waals surface area (Å²) in [5.41, 5.74) is 11.9. The first kappa shape index (κ1) is 16.8. The Bertz CT molecular complexity index is 952. The molecule has 0 saturated heterocycles. The summed E-state index contributed by atoms with van der Waals surface area (Å²) in [6, 6.07) is 19.9. The highest BCUT2D eigenvalue weighted by Gasteiger charge is 2.14. The molecular formula is C19H17N7S. The van der Waals surface area contributed by atoms with E-state index in [9.17, 15) is 0 Å². The van der Waals surface area contributed by atoms with Gasteiger partial charge < -0.3 is 11.1 Å². The second kappa shape index (κ2) is 7.71. The Morgan fingerprint density at radius 2 is 1.44 bits per heavy atom. The van der Waals surface area contributed by atoms with Crippen LogP contribution < -0.4 is 21.5 Å². The molecule has 0 bridgehead atoms. The van der Waals surface area contributed by atoms with Gasteiger partial charge >= 0.3 is 0 Å². The lowest BCUT2D eigenvalue weighted by Crippen LogP contribution is -2.26. The minimum atomic E-state index is 0.407. The SMILES string of the molecule is Nc1c(Nc2nccs2)ncnc1NN(c1ccccc1)c1ccccc1. The van der Waals surface area contributed by atoms with E-state index in [1.165, 1.54) is 17.7 Å². The Balaban J connectivity index is 1.67. The zero-order chi connectivity index (χ0) is 18.5. The van der Waals surface area contributed by atoms with Crippen LogP contribution in [0.15, 0.2) is 78.6 Å². The molecule has 2 heterocycles. The van der Waals surface area contributed by atoms with Crippen LogP contribution in [0.3, 0.4) is 0 Å². The first-order valence-corrected chi connectivity index (χ1v) is 9.13. The second-order valence-corrected chi connectivity index (χ2v) is 6.46. The molecule has 4 N–H and O–H groups in total. The number of rotatable bonds is 6. The summed E-state index contributed by atoms with van der Waals surface area (Å²) in [6.07, 6.45) is 3.18. The van der Waals surface area contributed by atoms with Crippen LogP contribution in [0, 0.1) is 0 Å². The van der Waals surface area contributed by atoms with Gasteiger partial charge in [-0.25, -0.2) is 15.0 Å². The number of hydrazine groups is 1. The topological polar surface area (TPSA) is 92.0 Å². The van der Waals surface area contributed by atoms with Crippen molar-refractivity contribution in [3.8, 4) is 0 Å². The van der Waals surface area contributed by atoms with Gasteiger partial charge in [0.1, 0.15) is 12.0 Å². The van der Waals surface area contributed by atoms with Crippen LogP contribution in [-0.2, 0) is 0 Å². The summed E-state index contributed by atoms with van der Waals surface area (Å²) in [5.74, 6) is 1.00. The third-order valence-corrected chi connectivity index (χ3v) is 4.48. The molecule has 0 aliphatic heterocycles. The van der Waals surface area contributed by atoms with E-state index < -0.39 is 0 Å². The highest BCUT2D eigenvalue weighted by Crippen LogP contribution is 2.30. The van der Waals surface area contributed by atoms with Gasteiger partial charge in [0.2, 0.25) is 0 Å². The van der Waals surface area contributed by atoms with Gasteiger partial charge in [-0.1, -0.05) is 36.4 Å². The fourth-order valence-corrected chi connectivity index (χ4v) is 3.04. The van der Waals surface area contributed by atoms with Gasteiger partial charge in [0.05, 0.1) is 11.4 Å². The third kappa shape index (κ3) is 3.80. The molecule has 0 spiro atoms. The highest BCUT2D eigenvalue weighted by molar-refractivity contribution is 7.13. The van der Waals surface area contributed by atoms with E-state index in [-0.39, 0.29) is 0 Å². The number of hydrogen-bond donors (Lipinski definition) is 3. The van der Waals surface area contributed by atoms with E-state index in [0.29, 0.717) is 22.5 Å². The molecule has 134 valence electrons. The first-order chi connectivity index (χ1) is 13.3. The average Bonchev–Trinajstić information content (AvgIpc) is 3.23. The van der Waals surface area contributed by atoms with Gasteiger partial charge in [-0.15, -0.1) is 11.3 Å². The standard InChI is InChI=1S/C19H17N7S/c20-16-17(24-19-21-11-12-27-19)22-13-23-18(16)25-26(14-7-3-1-4-8-14)15-9-5-2-6-10-15/h1-13H,20H2,(H2,21,22,23,24,25). The quantitative estimate of drug-likeness (QED) is 0.430. The van der Waals surface area contributed by atoms with Crippen LogP contribution in [0.1, 0.15) is 0 Å². The number of para-hydroxylation sites is 2. The van der Waals surface area contributed by atoms with Crippen molar-refractivity contribution in [3.05, 3.63) is 78.6 Å². The van der Waals surface area contributed by atoms with Crippen molar-refractivity contribution in [1.29, 1.82) is 0 Å². The summed E-state index contributed by atoms with van der Waals surface area (Å²) in [4.78, 5) is 12.7. The molecule has 2 aromatic heterocycles. The van der Waals surface area contributed by atoms with Crippen molar-refractivity contribution in [2.24, 2.45) is 0 Å². The molecule has 0 amide bonds. The lowest BCUT2D eigenvalue weighted by Gasteiger charge is -2.26. The number of nitrogens with zero attached hydrogens (tertiary/aromatic N) is 4. The number of benzene rings is 2. The minimum Gasteiger partial charge on any atom is -0.393 e. The first-order valence-electron chi connectivity index (χ1n) is 8.25. The van der Waals surface area contributed by atoms with Crippen LogP contribution in [0.4, 0.5) is 33.8 Å². The van der Waals surface area contributed by atoms with E-state index in [1.807, 2.05) is 71.1 Å². The molecule has 27 heavy (non-hydrogen) atoms. The molecule has 8 heteroatoms. The molecule has 2 aromatic carbocycles. The lowest BCUT2D eigenvalue weighted by molar-refractivity contribution is 1.09. The van der Waals surface area contributed by atoms with E-state index in [0.717, 1.165) is 11.4 Å². The molecule has 0 fully saturated rings. The van der Waals surface area contributed by atoms with Crippen LogP contribution in [-0.4, -0.2) is 15.0 Å². The summed E-state index contributed by atoms with van der Waals surface area (Å²) in [5, 5.41) is 7.64. The van der Waals surface area contributed by atoms with E-state index in [4.69, 9.17) is 5.73 Å². The maximum absolute atomic E-state index is 6.30. The van der Waals surface area contributed by atoms with Crippen molar-refractivity contribution >= 4 is 45.2 Å². The second-order valence-electron chi connectivity index (χ2n) is 5.57. The molecular weight excluding hydrogens is 358 g/mol. The highest BCUT2D eigenvalue weighted by atomic mass is 32.1. The van der Waals surface area contributed by atoms with Crippen LogP contribution >= 0.6 is 11.3 Å². The number of thiazole rings is 1. The summed E-state index contributed by atoms with van der Waals surface area (Å²) < 4.78 is 0. The number of anilines is 6. The van der Waals surface area contributed by atoms with Gasteiger partial charge in [-0.05, 0) is 24.3 Å². The predicted octanol–water partition coefficient (Wildman–Crippen LogP) is 4.42. The van der Waals surface area contributed by atoms with Crippen LogP contribution in [0.2, 0.25) is 0 Å². The zero-order valence-corrected chi connectivity index (χ0v) is 15.1. The van der Waals surface area contributed by atoms with Crippen LogP contribution in [0.25, 0.3) is 0 Å². The maximum Gasteiger partial charge on any atom is 0.188 e. The average molecular weight is 375 g/mol. The maximum atomic E-state index is 6.30. The predicted molar refractivity (Wildman–Crippen MR) is 110 cm³/mol. The molecule has 4 aromatic rings. The van der Waals surface area contributed by atoms with E-state index in [1.54, 1.807) is 6.20 Å². The molecule has 7 nitrogen and oxygen atoms in total. The van der Waals surface area contributed by atoms with Gasteiger partial charge in [-0.3, -0.25) is 10.4 Å². The number of hydrogen-bond acceptors (Lipinski definition) is 8. The zero-order valence-electron chi connectivity index (χ0n) is 14.3. The molecule has 0 aliphatic rings. The van der Waals surface area contributed by atoms with Gasteiger partial charge in [0, 0.05) is 11.6 Å². The Kier molecular flexibility index (Phi) is 4.80. The Morgan fingerprint density at radius 1 is 0.815 bits per heavy atom. The van der Waals surface area contributed by atoms with E-state index in [2.05, 4.69) is 25.7 Å². The number of nitrogen functional groups attached to an aromatic ring is 1. The largest absolute Gasteiger partial charge is 0.393 e. The molecule has 0 atom stereocenters. The molecule has 0 saturated carbocycles. The van der Waals surface area contributed by atoms with Crippen molar-refractivity contribution in [2.75, 3.05) is 21.5 Å². The number of aromatic nitrogens is 3. The Labute approximate surface area is 160 Å². The van der Waals surface area contributed by atoms with Crippen molar-refractivity contribution in [1.82, 2.24) is 15.0 Å². The van der Waals surface area contributed by atoms with Crippen molar-refractivity contribution < 1.29 is 0 Å². The number of nitrogens with one attached hydrogen (secondary N) is 2. The number of nitrogens with two attached hydrogens (primary N) is 1. The van der Waals surface area contributed by atoms with Gasteiger partial charge in [-0.2, -0.15) is 0 Å². The van der Waals surface area contributed by atoms with Crippen molar-refractivity contribution in [2.45, 2.75) is 0 Å². The third-order valence-electron chi connectivity index (χ3n) is 3.79. The summed E-state index contributed by atoms with van der Waals surface area (Å²) >= 11 is 1.47. The minimum absolute atomic E-state index is 0.407. The normalized spacial score (nSPS) is 10.4. The molecule has 4 rings (SSSR count). The summed E-state index contributed by atoms with van der Waals surface area (Å²) in [7, 11) is 0. The van der Waals surface area contributed by atoms with E-state index >= 15 is 0 Å². The fourth-order valence-electron chi connectivity index (χ4n) is 2.51. The smallest absolute Gasteiger partial charge is 0.188 e. The monoisotopic (exact) mass is 375 g/mol. The van der Waals surface area contributed by atoms with Crippen LogP contribution in [0.5, 0.6) is 0 Å². The van der Waals surface area contributed by atoms with Gasteiger partial charge in [0.15, 0.2) is 16.8 Å². The Hall–Kier alpha value is -3.65. The summed E-state index contributed by atoms with van der Waals surface area (Å²) in [6.45, 7) is 0. The molecule has 0 radical (unpaired) electrons. The molecule has 0 aliphatic carbocycles. The Morgan fingerprint density at radius 3 is 2.04 bits per heavy atom. The lowest BCUT2D eigenvalue weighted by atomic mass is 10.2. The molecule has 0 unspecified atom stereocenters. The van der Waals surface area contributed by atoms with Crippen molar-refractivity contribution in [3.63, 3.8) is 0 Å². The fraction of sp³-hybridized carbons (Fsp3) is 0. The van der Waals surface area contributed by atoms with Gasteiger partial charge in [0.25, 0.3) is 0 Å².